The van der Waals surface area contributed by atoms with Crippen LogP contribution in [-0.2, 0) is 6.42 Å². The van der Waals surface area contributed by atoms with Gasteiger partial charge in [-0.3, -0.25) is 0 Å². The summed E-state index contributed by atoms with van der Waals surface area (Å²) in [6.45, 7) is 0. The van der Waals surface area contributed by atoms with E-state index in [4.69, 9.17) is 16.0 Å². The summed E-state index contributed by atoms with van der Waals surface area (Å²) in [5, 5.41) is -0.0961. The van der Waals surface area contributed by atoms with Crippen molar-refractivity contribution in [2.75, 3.05) is 0 Å². The Balaban J connectivity index is 2.06. The molecule has 1 unspecified atom stereocenters. The zero-order valence-electron chi connectivity index (χ0n) is 7.99. The first-order valence-corrected chi connectivity index (χ1v) is 5.90. The molecule has 0 aliphatic carbocycles. The fourth-order valence-electron chi connectivity index (χ4n) is 1.40. The van der Waals surface area contributed by atoms with Crippen molar-refractivity contribution < 1.29 is 4.42 Å². The molecule has 2 aromatic rings. The van der Waals surface area contributed by atoms with Gasteiger partial charge in [-0.05, 0) is 36.2 Å². The average Bonchev–Trinajstić information content (AvgIpc) is 2.74. The fraction of sp³-hybridized carbons (Fsp3) is 0.167. The van der Waals surface area contributed by atoms with Crippen LogP contribution < -0.4 is 0 Å². The van der Waals surface area contributed by atoms with Crippen molar-refractivity contribution in [3.05, 3.63) is 58.5 Å². The molecule has 0 saturated carbocycles. The van der Waals surface area contributed by atoms with E-state index in [-0.39, 0.29) is 5.38 Å². The van der Waals surface area contributed by atoms with E-state index >= 15 is 0 Å². The predicted octanol–water partition coefficient (Wildman–Crippen LogP) is 4.56. The van der Waals surface area contributed by atoms with E-state index in [0.717, 1.165) is 16.7 Å². The molecule has 15 heavy (non-hydrogen) atoms. The first-order valence-electron chi connectivity index (χ1n) is 4.67. The highest BCUT2D eigenvalue weighted by atomic mass is 79.9. The Morgan fingerprint density at radius 1 is 1.20 bits per heavy atom. The van der Waals surface area contributed by atoms with E-state index in [0.29, 0.717) is 0 Å². The lowest BCUT2D eigenvalue weighted by Gasteiger charge is -2.06. The molecule has 0 aliphatic rings. The van der Waals surface area contributed by atoms with Crippen LogP contribution in [-0.4, -0.2) is 0 Å². The molecule has 3 heteroatoms. The van der Waals surface area contributed by atoms with Crippen LogP contribution in [0.5, 0.6) is 0 Å². The molecule has 2 rings (SSSR count). The Morgan fingerprint density at radius 3 is 2.53 bits per heavy atom. The molecule has 78 valence electrons. The lowest BCUT2D eigenvalue weighted by Crippen LogP contribution is -1.93. The van der Waals surface area contributed by atoms with Crippen LogP contribution in [0.4, 0.5) is 0 Å². The van der Waals surface area contributed by atoms with E-state index < -0.39 is 0 Å². The number of alkyl halides is 1. The number of halogens is 2. The van der Waals surface area contributed by atoms with Gasteiger partial charge in [0, 0.05) is 4.47 Å². The van der Waals surface area contributed by atoms with Crippen molar-refractivity contribution in [3.8, 4) is 0 Å². The van der Waals surface area contributed by atoms with E-state index in [1.54, 1.807) is 6.26 Å². The van der Waals surface area contributed by atoms with Crippen LogP contribution in [0.1, 0.15) is 16.7 Å². The minimum atomic E-state index is -0.0961. The van der Waals surface area contributed by atoms with Gasteiger partial charge < -0.3 is 4.42 Å². The molecule has 1 aromatic carbocycles. The van der Waals surface area contributed by atoms with Gasteiger partial charge >= 0.3 is 0 Å². The van der Waals surface area contributed by atoms with Crippen molar-refractivity contribution in [2.45, 2.75) is 11.8 Å². The fourth-order valence-corrected chi connectivity index (χ4v) is 1.96. The Morgan fingerprint density at radius 2 is 1.93 bits per heavy atom. The maximum absolute atomic E-state index is 6.22. The lowest BCUT2D eigenvalue weighted by atomic mass is 10.1. The molecule has 1 nitrogen and oxygen atoms in total. The van der Waals surface area contributed by atoms with Gasteiger partial charge in [0.1, 0.15) is 5.76 Å². The largest absolute Gasteiger partial charge is 0.468 e. The average molecular weight is 286 g/mol. The third-order valence-corrected chi connectivity index (χ3v) is 3.08. The smallest absolute Gasteiger partial charge is 0.121 e. The molecule has 0 radical (unpaired) electrons. The second-order valence-corrected chi connectivity index (χ2v) is 4.76. The van der Waals surface area contributed by atoms with Gasteiger partial charge in [0.05, 0.1) is 11.6 Å². The summed E-state index contributed by atoms with van der Waals surface area (Å²) in [6.07, 6.45) is 2.43. The summed E-state index contributed by atoms with van der Waals surface area (Å²) < 4.78 is 6.33. The Hall–Kier alpha value is -0.730. The minimum absolute atomic E-state index is 0.0961. The number of benzene rings is 1. The van der Waals surface area contributed by atoms with Crippen LogP contribution in [0.15, 0.2) is 51.6 Å². The molecule has 1 atom stereocenters. The molecule has 0 spiro atoms. The summed E-state index contributed by atoms with van der Waals surface area (Å²) in [4.78, 5) is 0. The summed E-state index contributed by atoms with van der Waals surface area (Å²) in [5.41, 5.74) is 1.20. The van der Waals surface area contributed by atoms with Gasteiger partial charge in [0.25, 0.3) is 0 Å². The van der Waals surface area contributed by atoms with E-state index in [1.807, 2.05) is 24.3 Å². The molecule has 0 fully saturated rings. The zero-order chi connectivity index (χ0) is 10.7. The Bertz CT molecular complexity index is 408. The first kappa shape index (κ1) is 10.8. The third kappa shape index (κ3) is 2.86. The maximum Gasteiger partial charge on any atom is 0.121 e. The zero-order valence-corrected chi connectivity index (χ0v) is 10.3. The molecule has 0 bridgehead atoms. The predicted molar refractivity (Wildman–Crippen MR) is 65.1 cm³/mol. The van der Waals surface area contributed by atoms with Gasteiger partial charge in [-0.15, -0.1) is 11.6 Å². The molecule has 1 aromatic heterocycles. The summed E-state index contributed by atoms with van der Waals surface area (Å²) in [6, 6.07) is 11.9. The van der Waals surface area contributed by atoms with Crippen LogP contribution in [0, 0.1) is 0 Å². The summed E-state index contributed by atoms with van der Waals surface area (Å²) >= 11 is 9.62. The van der Waals surface area contributed by atoms with Gasteiger partial charge in [-0.1, -0.05) is 28.1 Å². The second kappa shape index (κ2) is 4.86. The van der Waals surface area contributed by atoms with Gasteiger partial charge in [0.2, 0.25) is 0 Å². The Labute approximate surface area is 102 Å². The highest BCUT2D eigenvalue weighted by Crippen LogP contribution is 2.25. The van der Waals surface area contributed by atoms with Gasteiger partial charge in [-0.25, -0.2) is 0 Å². The standard InChI is InChI=1S/C12H10BrClO/c13-10-5-3-9(4-6-10)8-11(14)12-2-1-7-15-12/h1-7,11H,8H2. The number of rotatable bonds is 3. The molecule has 0 amide bonds. The quantitative estimate of drug-likeness (QED) is 0.753. The van der Waals surface area contributed by atoms with Crippen molar-refractivity contribution >= 4 is 27.5 Å². The normalized spacial score (nSPS) is 12.7. The SMILES string of the molecule is ClC(Cc1ccc(Br)cc1)c1ccco1. The van der Waals surface area contributed by atoms with Gasteiger partial charge in [-0.2, -0.15) is 0 Å². The molecule has 0 saturated heterocycles. The second-order valence-electron chi connectivity index (χ2n) is 3.31. The lowest BCUT2D eigenvalue weighted by molar-refractivity contribution is 0.502. The number of hydrogen-bond acceptors (Lipinski definition) is 1. The third-order valence-electron chi connectivity index (χ3n) is 2.18. The van der Waals surface area contributed by atoms with Crippen LogP contribution in [0.25, 0.3) is 0 Å². The highest BCUT2D eigenvalue weighted by Gasteiger charge is 2.11. The molecule has 0 N–H and O–H groups in total. The topological polar surface area (TPSA) is 13.1 Å². The van der Waals surface area contributed by atoms with E-state index in [2.05, 4.69) is 28.1 Å². The highest BCUT2D eigenvalue weighted by molar-refractivity contribution is 9.10. The monoisotopic (exact) mass is 284 g/mol. The van der Waals surface area contributed by atoms with Gasteiger partial charge in [0.15, 0.2) is 0 Å². The summed E-state index contributed by atoms with van der Waals surface area (Å²) in [5.74, 6) is 0.819. The molecular formula is C12H10BrClO. The van der Waals surface area contributed by atoms with Crippen molar-refractivity contribution in [1.82, 2.24) is 0 Å². The molecular weight excluding hydrogens is 275 g/mol. The minimum Gasteiger partial charge on any atom is -0.468 e. The summed E-state index contributed by atoms with van der Waals surface area (Å²) in [7, 11) is 0. The molecule has 1 heterocycles. The Kier molecular flexibility index (Phi) is 3.49. The van der Waals surface area contributed by atoms with Crippen molar-refractivity contribution in [1.29, 1.82) is 0 Å². The first-order chi connectivity index (χ1) is 7.25. The van der Waals surface area contributed by atoms with Crippen LogP contribution in [0.2, 0.25) is 0 Å². The number of hydrogen-bond donors (Lipinski definition) is 0. The van der Waals surface area contributed by atoms with Crippen LogP contribution in [0.3, 0.4) is 0 Å². The molecule has 0 aliphatic heterocycles. The van der Waals surface area contributed by atoms with E-state index in [9.17, 15) is 0 Å². The van der Waals surface area contributed by atoms with Crippen molar-refractivity contribution in [2.24, 2.45) is 0 Å². The van der Waals surface area contributed by atoms with Crippen LogP contribution >= 0.6 is 27.5 Å². The number of furan rings is 1. The van der Waals surface area contributed by atoms with Crippen molar-refractivity contribution in [3.63, 3.8) is 0 Å². The maximum atomic E-state index is 6.22. The van der Waals surface area contributed by atoms with E-state index in [1.165, 1.54) is 5.56 Å².